The second-order valence-corrected chi connectivity index (χ2v) is 13.5. The molecule has 0 unspecified atom stereocenters. The molecule has 51 heavy (non-hydrogen) atoms. The normalized spacial score (nSPS) is 13.7. The molecule has 0 amide bonds. The van der Waals surface area contributed by atoms with E-state index in [2.05, 4.69) is 71.8 Å². The van der Waals surface area contributed by atoms with Crippen LogP contribution in [0.1, 0.15) is 83.1 Å². The van der Waals surface area contributed by atoms with E-state index in [0.717, 1.165) is 57.3 Å². The molecule has 246 valence electrons. The van der Waals surface area contributed by atoms with E-state index in [4.69, 9.17) is 0 Å². The summed E-state index contributed by atoms with van der Waals surface area (Å²) in [5, 5.41) is 31.4. The number of benzene rings is 4. The molecule has 2 heterocycles. The van der Waals surface area contributed by atoms with Gasteiger partial charge >= 0.3 is 0 Å². The quantitative estimate of drug-likeness (QED) is 0.178. The van der Waals surface area contributed by atoms with Crippen molar-refractivity contribution in [3.05, 3.63) is 142 Å². The van der Waals surface area contributed by atoms with Crippen molar-refractivity contribution in [2.24, 2.45) is 0 Å². The summed E-state index contributed by atoms with van der Waals surface area (Å²) in [5.41, 5.74) is 15.9. The minimum Gasteiger partial charge on any atom is -0.317 e. The molecule has 4 aromatic carbocycles. The number of nitriles is 3. The predicted molar refractivity (Wildman–Crippen MR) is 206 cm³/mol. The summed E-state index contributed by atoms with van der Waals surface area (Å²) < 4.78 is 4.62. The standard InChI is InChI=1S/C46H37N5/c1-3-12-36-40-23-30(27-47)21-22-45(40)50(41(36)4-2)46-26-39(33(28-48)25-34(46)29-49)32-14-11-13-31(24-32)35-15-5-8-18-42(35)51-43-19-9-6-16-37(43)38-17-7-10-20-44(38)51/h3-5,8,11-15,18,21-26H,2,6-7,9-10,16-17,19-20H2,1H3/b12-3-. The van der Waals surface area contributed by atoms with Crippen LogP contribution in [0.5, 0.6) is 0 Å². The van der Waals surface area contributed by atoms with E-state index in [1.54, 1.807) is 29.3 Å². The van der Waals surface area contributed by atoms with E-state index in [1.165, 1.54) is 55.6 Å². The van der Waals surface area contributed by atoms with E-state index < -0.39 is 0 Å². The van der Waals surface area contributed by atoms with Gasteiger partial charge in [-0.3, -0.25) is 0 Å². The summed E-state index contributed by atoms with van der Waals surface area (Å²) in [7, 11) is 0. The van der Waals surface area contributed by atoms with Crippen LogP contribution >= 0.6 is 0 Å². The second kappa shape index (κ2) is 13.2. The Morgan fingerprint density at radius 3 is 2.00 bits per heavy atom. The predicted octanol–water partition coefficient (Wildman–Crippen LogP) is 10.8. The molecule has 0 bridgehead atoms. The van der Waals surface area contributed by atoms with E-state index in [-0.39, 0.29) is 0 Å². The summed E-state index contributed by atoms with van der Waals surface area (Å²) >= 11 is 0. The summed E-state index contributed by atoms with van der Waals surface area (Å²) in [6.45, 7) is 6.09. The van der Waals surface area contributed by atoms with Gasteiger partial charge in [0.25, 0.3) is 0 Å². The van der Waals surface area contributed by atoms with Crippen molar-refractivity contribution >= 4 is 23.1 Å². The van der Waals surface area contributed by atoms with Crippen molar-refractivity contribution in [2.45, 2.75) is 58.3 Å². The third kappa shape index (κ3) is 5.20. The highest BCUT2D eigenvalue weighted by Gasteiger charge is 2.28. The van der Waals surface area contributed by atoms with Gasteiger partial charge in [0.1, 0.15) is 6.07 Å². The molecule has 8 rings (SSSR count). The third-order valence-corrected chi connectivity index (χ3v) is 10.7. The average molecular weight is 660 g/mol. The summed E-state index contributed by atoms with van der Waals surface area (Å²) in [4.78, 5) is 0. The Hall–Kier alpha value is -6.35. The highest BCUT2D eigenvalue weighted by Crippen LogP contribution is 2.41. The maximum absolute atomic E-state index is 10.4. The first-order valence-electron chi connectivity index (χ1n) is 17.9. The van der Waals surface area contributed by atoms with Gasteiger partial charge in [-0.1, -0.05) is 55.1 Å². The van der Waals surface area contributed by atoms with Crippen molar-refractivity contribution in [1.29, 1.82) is 15.8 Å². The van der Waals surface area contributed by atoms with Gasteiger partial charge in [0, 0.05) is 33.5 Å². The van der Waals surface area contributed by atoms with Crippen LogP contribution < -0.4 is 0 Å². The Bertz CT molecular complexity index is 2520. The number of para-hydroxylation sites is 1. The molecule has 2 aromatic heterocycles. The number of nitrogens with zero attached hydrogens (tertiary/aromatic N) is 5. The van der Waals surface area contributed by atoms with Crippen LogP contribution in [0.2, 0.25) is 0 Å². The first-order valence-corrected chi connectivity index (χ1v) is 17.9. The minimum absolute atomic E-state index is 0.385. The molecule has 0 saturated carbocycles. The van der Waals surface area contributed by atoms with Gasteiger partial charge in [-0.05, 0) is 129 Å². The summed E-state index contributed by atoms with van der Waals surface area (Å²) in [6, 6.07) is 33.4. The SMILES string of the molecule is C=Cc1c(/C=C\C)c2cc(C#N)ccc2n1-c1cc(-c2cccc(-c3ccccc3-n3c4c(c5c3CCCC5)CCCC4)c2)c(C#N)cc1C#N. The maximum Gasteiger partial charge on any atom is 0.101 e. The minimum atomic E-state index is 0.385. The van der Waals surface area contributed by atoms with Crippen LogP contribution in [0.25, 0.3) is 56.7 Å². The van der Waals surface area contributed by atoms with Crippen LogP contribution in [0.3, 0.4) is 0 Å². The molecule has 2 aliphatic carbocycles. The van der Waals surface area contributed by atoms with Crippen LogP contribution in [-0.2, 0) is 25.7 Å². The van der Waals surface area contributed by atoms with Gasteiger partial charge in [0.15, 0.2) is 0 Å². The largest absolute Gasteiger partial charge is 0.317 e. The van der Waals surface area contributed by atoms with Crippen LogP contribution in [-0.4, -0.2) is 9.13 Å². The lowest BCUT2D eigenvalue weighted by Gasteiger charge is -2.21. The lowest BCUT2D eigenvalue weighted by atomic mass is 9.89. The fourth-order valence-corrected chi connectivity index (χ4v) is 8.54. The van der Waals surface area contributed by atoms with Gasteiger partial charge in [-0.25, -0.2) is 0 Å². The first kappa shape index (κ1) is 31.9. The molecule has 0 aliphatic heterocycles. The van der Waals surface area contributed by atoms with Gasteiger partial charge in [-0.15, -0.1) is 0 Å². The Kier molecular flexibility index (Phi) is 8.23. The van der Waals surface area contributed by atoms with E-state index in [9.17, 15) is 15.8 Å². The van der Waals surface area contributed by atoms with Gasteiger partial charge in [0.05, 0.1) is 51.4 Å². The van der Waals surface area contributed by atoms with E-state index in [1.807, 2.05) is 47.9 Å². The van der Waals surface area contributed by atoms with Crippen LogP contribution in [0, 0.1) is 34.0 Å². The number of hydrogen-bond acceptors (Lipinski definition) is 3. The Balaban J connectivity index is 1.32. The monoisotopic (exact) mass is 659 g/mol. The first-order chi connectivity index (χ1) is 25.1. The van der Waals surface area contributed by atoms with Crippen LogP contribution in [0.15, 0.2) is 91.5 Å². The smallest absolute Gasteiger partial charge is 0.101 e. The molecule has 6 aromatic rings. The van der Waals surface area contributed by atoms with Gasteiger partial charge in [-0.2, -0.15) is 15.8 Å². The molecule has 2 aliphatic rings. The summed E-state index contributed by atoms with van der Waals surface area (Å²) in [5.74, 6) is 0. The van der Waals surface area contributed by atoms with E-state index >= 15 is 0 Å². The van der Waals surface area contributed by atoms with E-state index in [0.29, 0.717) is 22.4 Å². The Labute approximate surface area is 299 Å². The van der Waals surface area contributed by atoms with Crippen molar-refractivity contribution < 1.29 is 0 Å². The number of aromatic nitrogens is 2. The highest BCUT2D eigenvalue weighted by atomic mass is 15.0. The van der Waals surface area contributed by atoms with Crippen molar-refractivity contribution in [2.75, 3.05) is 0 Å². The van der Waals surface area contributed by atoms with Crippen LogP contribution in [0.4, 0.5) is 0 Å². The molecule has 0 radical (unpaired) electrons. The second-order valence-electron chi connectivity index (χ2n) is 13.5. The number of fused-ring (bicyclic) bond motifs is 4. The number of hydrogen-bond donors (Lipinski definition) is 0. The fraction of sp³-hybridized carbons (Fsp3) is 0.196. The molecule has 0 atom stereocenters. The lowest BCUT2D eigenvalue weighted by molar-refractivity contribution is 0.658. The highest BCUT2D eigenvalue weighted by molar-refractivity contribution is 5.97. The summed E-state index contributed by atoms with van der Waals surface area (Å²) in [6.07, 6.45) is 15.3. The maximum atomic E-state index is 10.4. The molecule has 5 heteroatoms. The van der Waals surface area contributed by atoms with Gasteiger partial charge < -0.3 is 9.13 Å². The zero-order valence-electron chi connectivity index (χ0n) is 28.8. The van der Waals surface area contributed by atoms with Crippen molar-refractivity contribution in [3.63, 3.8) is 0 Å². The molecule has 0 N–H and O–H groups in total. The van der Waals surface area contributed by atoms with Gasteiger partial charge in [0.2, 0.25) is 0 Å². The average Bonchev–Trinajstić information content (AvgIpc) is 3.69. The molecule has 0 saturated heterocycles. The molecular formula is C46H37N5. The zero-order valence-corrected chi connectivity index (χ0v) is 28.8. The van der Waals surface area contributed by atoms with Crippen molar-refractivity contribution in [3.8, 4) is 51.8 Å². The Morgan fingerprint density at radius 1 is 0.647 bits per heavy atom. The fourth-order valence-electron chi connectivity index (χ4n) is 8.54. The molecule has 0 fully saturated rings. The van der Waals surface area contributed by atoms with Crippen molar-refractivity contribution in [1.82, 2.24) is 9.13 Å². The molecule has 5 nitrogen and oxygen atoms in total. The molecular weight excluding hydrogens is 623 g/mol. The number of allylic oxidation sites excluding steroid dienone is 1. The third-order valence-electron chi connectivity index (χ3n) is 10.7. The number of rotatable bonds is 6. The Morgan fingerprint density at radius 2 is 1.33 bits per heavy atom. The lowest BCUT2D eigenvalue weighted by Crippen LogP contribution is -2.10. The molecule has 0 spiro atoms. The zero-order chi connectivity index (χ0) is 35.1. The topological polar surface area (TPSA) is 81.2 Å².